The Balaban J connectivity index is 1.39. The molecule has 1 fully saturated rings. The van der Waals surface area contributed by atoms with Crippen molar-refractivity contribution in [2.24, 2.45) is 0 Å². The average Bonchev–Trinajstić information content (AvgIpc) is 2.68. The van der Waals surface area contributed by atoms with Crippen LogP contribution in [-0.4, -0.2) is 29.2 Å². The molecule has 2 N–H and O–H groups in total. The number of hydrogen-bond donors (Lipinski definition) is 2. The van der Waals surface area contributed by atoms with Gasteiger partial charge in [0.25, 0.3) is 0 Å². The van der Waals surface area contributed by atoms with E-state index in [-0.39, 0.29) is 0 Å². The number of piperidine rings is 1. The predicted molar refractivity (Wildman–Crippen MR) is 118 cm³/mol. The third kappa shape index (κ3) is 4.19. The summed E-state index contributed by atoms with van der Waals surface area (Å²) in [6.07, 6.45) is 2.12. The Labute approximate surface area is 165 Å². The molecule has 0 amide bonds. The topological polar surface area (TPSA) is 40.2 Å². The van der Waals surface area contributed by atoms with Gasteiger partial charge in [-0.1, -0.05) is 36.4 Å². The van der Waals surface area contributed by atoms with Crippen LogP contribution < -0.4 is 15.5 Å². The van der Waals surface area contributed by atoms with Crippen molar-refractivity contribution in [3.05, 3.63) is 66.4 Å². The van der Waals surface area contributed by atoms with E-state index in [0.29, 0.717) is 11.2 Å². The van der Waals surface area contributed by atoms with Crippen LogP contribution in [0.1, 0.15) is 18.5 Å². The lowest BCUT2D eigenvalue weighted by Gasteiger charge is -2.35. The summed E-state index contributed by atoms with van der Waals surface area (Å²) in [6, 6.07) is 21.1. The highest BCUT2D eigenvalue weighted by atomic mass is 32.1. The van der Waals surface area contributed by atoms with E-state index in [9.17, 15) is 0 Å². The molecule has 1 aliphatic rings. The van der Waals surface area contributed by atoms with Gasteiger partial charge in [0.05, 0.1) is 5.52 Å². The van der Waals surface area contributed by atoms with E-state index in [4.69, 9.17) is 12.2 Å². The van der Waals surface area contributed by atoms with Crippen LogP contribution in [0.5, 0.6) is 0 Å². The summed E-state index contributed by atoms with van der Waals surface area (Å²) in [4.78, 5) is 7.14. The normalized spacial score (nSPS) is 14.9. The highest BCUT2D eigenvalue weighted by molar-refractivity contribution is 7.80. The fraction of sp³-hybridized carbons (Fsp3) is 0.273. The molecule has 5 heteroatoms. The van der Waals surface area contributed by atoms with Crippen molar-refractivity contribution in [3.8, 4) is 0 Å². The molecule has 0 spiro atoms. The lowest BCUT2D eigenvalue weighted by molar-refractivity contribution is 0.468. The van der Waals surface area contributed by atoms with Gasteiger partial charge in [0, 0.05) is 41.6 Å². The zero-order chi connectivity index (χ0) is 18.6. The lowest BCUT2D eigenvalue weighted by Crippen LogP contribution is -2.46. The largest absolute Gasteiger partial charge is 0.371 e. The van der Waals surface area contributed by atoms with Crippen LogP contribution in [0.15, 0.2) is 60.7 Å². The van der Waals surface area contributed by atoms with Crippen LogP contribution in [0.25, 0.3) is 10.9 Å². The van der Waals surface area contributed by atoms with Crippen LogP contribution in [0.4, 0.5) is 11.4 Å². The minimum atomic E-state index is 0.402. The van der Waals surface area contributed by atoms with Gasteiger partial charge in [0.15, 0.2) is 5.11 Å². The van der Waals surface area contributed by atoms with Gasteiger partial charge >= 0.3 is 0 Å². The number of para-hydroxylation sites is 2. The first kappa shape index (κ1) is 17.7. The third-order valence-electron chi connectivity index (χ3n) is 5.02. The molecule has 0 saturated carbocycles. The van der Waals surface area contributed by atoms with Crippen LogP contribution in [0.2, 0.25) is 0 Å². The number of fused-ring (bicyclic) bond motifs is 1. The second kappa shape index (κ2) is 7.92. The van der Waals surface area contributed by atoms with Gasteiger partial charge in [0.2, 0.25) is 0 Å². The minimum Gasteiger partial charge on any atom is -0.371 e. The Kier molecular flexibility index (Phi) is 5.21. The molecule has 1 aromatic heterocycles. The molecule has 0 atom stereocenters. The zero-order valence-corrected chi connectivity index (χ0v) is 16.3. The third-order valence-corrected chi connectivity index (χ3v) is 5.24. The summed E-state index contributed by atoms with van der Waals surface area (Å²) in [7, 11) is 0. The van der Waals surface area contributed by atoms with E-state index >= 15 is 0 Å². The van der Waals surface area contributed by atoms with Gasteiger partial charge < -0.3 is 15.5 Å². The molecule has 27 heavy (non-hydrogen) atoms. The van der Waals surface area contributed by atoms with Gasteiger partial charge in [-0.25, -0.2) is 0 Å². The molecular weight excluding hydrogens is 352 g/mol. The summed E-state index contributed by atoms with van der Waals surface area (Å²) in [6.45, 7) is 4.09. The molecule has 0 radical (unpaired) electrons. The summed E-state index contributed by atoms with van der Waals surface area (Å²) in [5, 5.41) is 8.66. The van der Waals surface area contributed by atoms with Crippen LogP contribution in [-0.2, 0) is 0 Å². The van der Waals surface area contributed by atoms with Crippen molar-refractivity contribution in [1.29, 1.82) is 0 Å². The number of pyridine rings is 1. The molecule has 0 unspecified atom stereocenters. The number of thiocarbonyl (C=S) groups is 1. The highest BCUT2D eigenvalue weighted by Crippen LogP contribution is 2.29. The van der Waals surface area contributed by atoms with Crippen LogP contribution >= 0.6 is 12.2 Å². The second-order valence-corrected chi connectivity index (χ2v) is 7.43. The predicted octanol–water partition coefficient (Wildman–Crippen LogP) is 4.50. The maximum Gasteiger partial charge on any atom is 0.170 e. The van der Waals surface area contributed by atoms with Gasteiger partial charge in [-0.3, -0.25) is 4.98 Å². The molecule has 138 valence electrons. The van der Waals surface area contributed by atoms with Crippen molar-refractivity contribution in [3.63, 3.8) is 0 Å². The smallest absolute Gasteiger partial charge is 0.170 e. The van der Waals surface area contributed by atoms with Crippen molar-refractivity contribution >= 4 is 39.6 Å². The number of nitrogens with zero attached hydrogens (tertiary/aromatic N) is 2. The molecule has 4 nitrogen and oxygen atoms in total. The standard InChI is InChI=1S/C22H24N4S/c1-16-15-21(19-9-5-6-10-20(19)23-16)26-13-11-18(12-14-26)25-22(27)24-17-7-3-2-4-8-17/h2-10,15,18H,11-14H2,1H3,(H2,24,25,27). The minimum absolute atomic E-state index is 0.402. The first-order valence-corrected chi connectivity index (χ1v) is 9.84. The lowest BCUT2D eigenvalue weighted by atomic mass is 10.0. The van der Waals surface area contributed by atoms with E-state index in [2.05, 4.69) is 57.8 Å². The molecule has 2 heterocycles. The fourth-order valence-corrected chi connectivity index (χ4v) is 3.97. The molecule has 2 aromatic carbocycles. The van der Waals surface area contributed by atoms with Crippen molar-refractivity contribution in [2.75, 3.05) is 23.3 Å². The SMILES string of the molecule is Cc1cc(N2CCC(NC(=S)Nc3ccccc3)CC2)c2ccccc2n1. The maximum atomic E-state index is 5.48. The Morgan fingerprint density at radius 3 is 2.52 bits per heavy atom. The van der Waals surface area contributed by atoms with Gasteiger partial charge in [-0.05, 0) is 56.2 Å². The van der Waals surface area contributed by atoms with E-state index in [0.717, 1.165) is 42.8 Å². The Morgan fingerprint density at radius 2 is 1.74 bits per heavy atom. The molecular formula is C22H24N4S. The van der Waals surface area contributed by atoms with Crippen LogP contribution in [0, 0.1) is 6.92 Å². The van der Waals surface area contributed by atoms with Crippen molar-refractivity contribution in [1.82, 2.24) is 10.3 Å². The summed E-state index contributed by atoms with van der Waals surface area (Å²) >= 11 is 5.48. The van der Waals surface area contributed by atoms with Gasteiger partial charge in [-0.2, -0.15) is 0 Å². The van der Waals surface area contributed by atoms with Crippen LogP contribution in [0.3, 0.4) is 0 Å². The molecule has 1 aliphatic heterocycles. The number of anilines is 2. The summed E-state index contributed by atoms with van der Waals surface area (Å²) < 4.78 is 0. The first-order chi connectivity index (χ1) is 13.2. The number of hydrogen-bond acceptors (Lipinski definition) is 3. The summed E-state index contributed by atoms with van der Waals surface area (Å²) in [5.41, 5.74) is 4.45. The number of rotatable bonds is 3. The summed E-state index contributed by atoms with van der Waals surface area (Å²) in [5.74, 6) is 0. The second-order valence-electron chi connectivity index (χ2n) is 7.03. The number of benzene rings is 2. The van der Waals surface area contributed by atoms with Crippen molar-refractivity contribution in [2.45, 2.75) is 25.8 Å². The molecule has 0 aliphatic carbocycles. The molecule has 3 aromatic rings. The number of aryl methyl sites for hydroxylation is 1. The molecule has 4 rings (SSSR count). The Morgan fingerprint density at radius 1 is 1.04 bits per heavy atom. The van der Waals surface area contributed by atoms with E-state index in [1.54, 1.807) is 0 Å². The zero-order valence-electron chi connectivity index (χ0n) is 15.5. The van der Waals surface area contributed by atoms with E-state index in [1.807, 2.05) is 30.3 Å². The quantitative estimate of drug-likeness (QED) is 0.659. The van der Waals surface area contributed by atoms with E-state index < -0.39 is 0 Å². The Hall–Kier alpha value is -2.66. The first-order valence-electron chi connectivity index (χ1n) is 9.43. The molecule has 1 saturated heterocycles. The molecule has 0 bridgehead atoms. The average molecular weight is 377 g/mol. The van der Waals surface area contributed by atoms with Gasteiger partial charge in [0.1, 0.15) is 0 Å². The number of aromatic nitrogens is 1. The van der Waals surface area contributed by atoms with E-state index in [1.165, 1.54) is 11.1 Å². The fourth-order valence-electron chi connectivity index (χ4n) is 3.69. The highest BCUT2D eigenvalue weighted by Gasteiger charge is 2.21. The monoisotopic (exact) mass is 376 g/mol. The van der Waals surface area contributed by atoms with Gasteiger partial charge in [-0.15, -0.1) is 0 Å². The number of nitrogens with one attached hydrogen (secondary N) is 2. The Bertz CT molecular complexity index is 933. The van der Waals surface area contributed by atoms with Crippen molar-refractivity contribution < 1.29 is 0 Å². The maximum absolute atomic E-state index is 5.48.